The van der Waals surface area contributed by atoms with Crippen molar-refractivity contribution in [2.75, 3.05) is 7.11 Å². The van der Waals surface area contributed by atoms with E-state index >= 15 is 0 Å². The van der Waals surface area contributed by atoms with E-state index in [2.05, 4.69) is 4.98 Å². The fourth-order valence-corrected chi connectivity index (χ4v) is 2.04. The molecule has 0 N–H and O–H groups in total. The van der Waals surface area contributed by atoms with Crippen LogP contribution in [0.15, 0.2) is 36.7 Å². The van der Waals surface area contributed by atoms with Crippen LogP contribution in [0, 0.1) is 10.1 Å². The van der Waals surface area contributed by atoms with E-state index in [-0.39, 0.29) is 11.7 Å². The van der Waals surface area contributed by atoms with Crippen LogP contribution >= 0.6 is 0 Å². The topological polar surface area (TPSA) is 87.3 Å². The minimum atomic E-state index is -0.467. The Morgan fingerprint density at radius 1 is 1.43 bits per heavy atom. The zero-order chi connectivity index (χ0) is 15.4. The second kappa shape index (κ2) is 6.17. The first-order valence-corrected chi connectivity index (χ1v) is 6.35. The van der Waals surface area contributed by atoms with Crippen molar-refractivity contribution in [3.63, 3.8) is 0 Å². The second-order valence-corrected chi connectivity index (χ2v) is 4.55. The number of esters is 1. The van der Waals surface area contributed by atoms with Crippen LogP contribution in [0.5, 0.6) is 0 Å². The minimum absolute atomic E-state index is 0.0463. The predicted octanol–water partition coefficient (Wildman–Crippen LogP) is 2.12. The number of methoxy groups -OCH3 is 1. The molecule has 1 atom stereocenters. The molecule has 0 aliphatic rings. The molecule has 0 saturated heterocycles. The molecule has 0 fully saturated rings. The van der Waals surface area contributed by atoms with Crippen molar-refractivity contribution in [2.24, 2.45) is 0 Å². The molecular formula is C14H15N3O4. The van der Waals surface area contributed by atoms with Crippen LogP contribution in [0.4, 0.5) is 5.69 Å². The fraction of sp³-hybridized carbons (Fsp3) is 0.286. The molecule has 7 nitrogen and oxygen atoms in total. The Hall–Kier alpha value is -2.70. The lowest BCUT2D eigenvalue weighted by Gasteiger charge is -2.14. The van der Waals surface area contributed by atoms with Gasteiger partial charge >= 0.3 is 5.97 Å². The summed E-state index contributed by atoms with van der Waals surface area (Å²) in [4.78, 5) is 26.0. The van der Waals surface area contributed by atoms with Crippen molar-refractivity contribution in [3.05, 3.63) is 58.2 Å². The number of carbonyl (C=O) groups excluding carboxylic acids is 1. The molecule has 1 unspecified atom stereocenters. The van der Waals surface area contributed by atoms with Gasteiger partial charge in [0.25, 0.3) is 5.69 Å². The number of non-ortho nitro benzene ring substituents is 1. The Morgan fingerprint density at radius 3 is 2.67 bits per heavy atom. The summed E-state index contributed by atoms with van der Waals surface area (Å²) in [5, 5.41) is 10.6. The van der Waals surface area contributed by atoms with E-state index < -0.39 is 11.0 Å². The minimum Gasteiger partial charge on any atom is -0.467 e. The molecule has 0 bridgehead atoms. The number of nitro benzene ring substituents is 1. The number of rotatable bonds is 5. The molecule has 0 saturated carbocycles. The van der Waals surface area contributed by atoms with Gasteiger partial charge in [0.1, 0.15) is 11.9 Å². The molecule has 1 aromatic carbocycles. The molecule has 0 radical (unpaired) electrons. The summed E-state index contributed by atoms with van der Waals surface area (Å²) in [6.07, 6.45) is 3.80. The molecule has 7 heteroatoms. The van der Waals surface area contributed by atoms with Gasteiger partial charge in [-0.2, -0.15) is 0 Å². The highest BCUT2D eigenvalue weighted by Gasteiger charge is 2.18. The van der Waals surface area contributed by atoms with E-state index in [1.807, 2.05) is 0 Å². The largest absolute Gasteiger partial charge is 0.467 e. The molecule has 2 aromatic rings. The zero-order valence-electron chi connectivity index (χ0n) is 11.7. The molecule has 0 spiro atoms. The number of hydrogen-bond acceptors (Lipinski definition) is 5. The molecule has 0 aliphatic heterocycles. The zero-order valence-corrected chi connectivity index (χ0v) is 11.7. The maximum absolute atomic E-state index is 11.6. The molecule has 1 aromatic heterocycles. The standard InChI is InChI=1S/C14H15N3O4/c1-10(14(18)21-2)16-8-7-15-13(16)9-11-3-5-12(6-4-11)17(19)20/h3-8,10H,9H2,1-2H3. The van der Waals surface area contributed by atoms with E-state index in [1.54, 1.807) is 36.0 Å². The van der Waals surface area contributed by atoms with E-state index in [4.69, 9.17) is 4.74 Å². The Bertz CT molecular complexity index is 648. The van der Waals surface area contributed by atoms with E-state index in [9.17, 15) is 14.9 Å². The van der Waals surface area contributed by atoms with Gasteiger partial charge in [-0.1, -0.05) is 12.1 Å². The van der Waals surface area contributed by atoms with Gasteiger partial charge in [0, 0.05) is 30.9 Å². The third-order valence-electron chi connectivity index (χ3n) is 3.22. The summed E-state index contributed by atoms with van der Waals surface area (Å²) in [5.41, 5.74) is 0.926. The van der Waals surface area contributed by atoms with Gasteiger partial charge < -0.3 is 9.30 Å². The lowest BCUT2D eigenvalue weighted by Crippen LogP contribution is -2.19. The number of benzene rings is 1. The van der Waals surface area contributed by atoms with Gasteiger partial charge in [0.2, 0.25) is 0 Å². The van der Waals surface area contributed by atoms with Crippen LogP contribution in [-0.2, 0) is 16.0 Å². The van der Waals surface area contributed by atoms with Crippen molar-refractivity contribution in [2.45, 2.75) is 19.4 Å². The Kier molecular flexibility index (Phi) is 4.32. The van der Waals surface area contributed by atoms with Gasteiger partial charge in [-0.05, 0) is 12.5 Å². The highest BCUT2D eigenvalue weighted by atomic mass is 16.6. The van der Waals surface area contributed by atoms with Crippen molar-refractivity contribution in [3.8, 4) is 0 Å². The first-order valence-electron chi connectivity index (χ1n) is 6.35. The molecule has 0 amide bonds. The fourth-order valence-electron chi connectivity index (χ4n) is 2.04. The van der Waals surface area contributed by atoms with Gasteiger partial charge in [-0.3, -0.25) is 10.1 Å². The highest BCUT2D eigenvalue weighted by molar-refractivity contribution is 5.73. The van der Waals surface area contributed by atoms with Crippen LogP contribution in [0.2, 0.25) is 0 Å². The van der Waals surface area contributed by atoms with E-state index in [0.29, 0.717) is 12.2 Å². The monoisotopic (exact) mass is 289 g/mol. The maximum atomic E-state index is 11.6. The summed E-state index contributed by atoms with van der Waals surface area (Å²) in [7, 11) is 1.34. The molecule has 110 valence electrons. The van der Waals surface area contributed by atoms with Crippen LogP contribution in [0.25, 0.3) is 0 Å². The molecule has 2 rings (SSSR count). The molecule has 1 heterocycles. The van der Waals surface area contributed by atoms with Crippen molar-refractivity contribution >= 4 is 11.7 Å². The van der Waals surface area contributed by atoms with Gasteiger partial charge in [0.05, 0.1) is 12.0 Å². The normalized spacial score (nSPS) is 11.9. The van der Waals surface area contributed by atoms with E-state index in [0.717, 1.165) is 5.56 Å². The number of hydrogen-bond donors (Lipinski definition) is 0. The first kappa shape index (κ1) is 14.7. The quantitative estimate of drug-likeness (QED) is 0.478. The number of aromatic nitrogens is 2. The average molecular weight is 289 g/mol. The van der Waals surface area contributed by atoms with Gasteiger partial charge in [-0.15, -0.1) is 0 Å². The first-order chi connectivity index (χ1) is 10.0. The van der Waals surface area contributed by atoms with E-state index in [1.165, 1.54) is 19.2 Å². The number of nitro groups is 1. The predicted molar refractivity (Wildman–Crippen MR) is 74.9 cm³/mol. The summed E-state index contributed by atoms with van der Waals surface area (Å²) in [6.45, 7) is 1.73. The van der Waals surface area contributed by atoms with Crippen LogP contribution in [0.1, 0.15) is 24.4 Å². The van der Waals surface area contributed by atoms with Gasteiger partial charge in [0.15, 0.2) is 0 Å². The second-order valence-electron chi connectivity index (χ2n) is 4.55. The van der Waals surface area contributed by atoms with Crippen LogP contribution in [-0.4, -0.2) is 27.6 Å². The third-order valence-corrected chi connectivity index (χ3v) is 3.22. The highest BCUT2D eigenvalue weighted by Crippen LogP contribution is 2.17. The van der Waals surface area contributed by atoms with Crippen LogP contribution in [0.3, 0.4) is 0 Å². The molecule has 21 heavy (non-hydrogen) atoms. The van der Waals surface area contributed by atoms with Crippen molar-refractivity contribution in [1.82, 2.24) is 9.55 Å². The SMILES string of the molecule is COC(=O)C(C)n1ccnc1Cc1ccc([N+](=O)[O-])cc1. The molecular weight excluding hydrogens is 274 g/mol. The van der Waals surface area contributed by atoms with Crippen molar-refractivity contribution < 1.29 is 14.5 Å². The number of imidazole rings is 1. The molecule has 0 aliphatic carbocycles. The lowest BCUT2D eigenvalue weighted by molar-refractivity contribution is -0.384. The Labute approximate surface area is 121 Å². The summed E-state index contributed by atoms with van der Waals surface area (Å²) < 4.78 is 6.45. The van der Waals surface area contributed by atoms with Crippen molar-refractivity contribution in [1.29, 1.82) is 0 Å². The Morgan fingerprint density at radius 2 is 2.10 bits per heavy atom. The number of nitrogens with zero attached hydrogens (tertiary/aromatic N) is 3. The lowest BCUT2D eigenvalue weighted by atomic mass is 10.1. The Balaban J connectivity index is 2.19. The summed E-state index contributed by atoms with van der Waals surface area (Å²) in [6, 6.07) is 5.80. The maximum Gasteiger partial charge on any atom is 0.328 e. The summed E-state index contributed by atoms with van der Waals surface area (Å²) in [5.74, 6) is 0.347. The van der Waals surface area contributed by atoms with Gasteiger partial charge in [-0.25, -0.2) is 9.78 Å². The smallest absolute Gasteiger partial charge is 0.328 e. The number of ether oxygens (including phenoxy) is 1. The van der Waals surface area contributed by atoms with Crippen LogP contribution < -0.4 is 0 Å². The summed E-state index contributed by atoms with van der Waals surface area (Å²) >= 11 is 0. The average Bonchev–Trinajstić information content (AvgIpc) is 2.94. The number of carbonyl (C=O) groups is 1. The third kappa shape index (κ3) is 3.25.